The molecule has 0 amide bonds. The van der Waals surface area contributed by atoms with Crippen LogP contribution in [-0.4, -0.2) is 66.0 Å². The smallest absolute Gasteiger partial charge is 0.191 e. The Bertz CT molecular complexity index is 665. The van der Waals surface area contributed by atoms with Gasteiger partial charge >= 0.3 is 0 Å². The van der Waals surface area contributed by atoms with E-state index in [1.807, 2.05) is 6.26 Å². The molecule has 2 aromatic heterocycles. The zero-order chi connectivity index (χ0) is 15.1. The molecular weight excluding hydrogens is 298 g/mol. The topological polar surface area (TPSA) is 140 Å². The van der Waals surface area contributed by atoms with Gasteiger partial charge in [0.05, 0.1) is 12.9 Å². The molecule has 1 aliphatic rings. The first-order chi connectivity index (χ1) is 10.1. The van der Waals surface area contributed by atoms with Crippen LogP contribution in [0.25, 0.3) is 11.2 Å². The van der Waals surface area contributed by atoms with Gasteiger partial charge in [-0.25, -0.2) is 15.0 Å². The second-order valence-corrected chi connectivity index (χ2v) is 5.42. The van der Waals surface area contributed by atoms with Crippen LogP contribution in [0.1, 0.15) is 6.23 Å². The lowest BCUT2D eigenvalue weighted by Crippen LogP contribution is -2.33. The van der Waals surface area contributed by atoms with Gasteiger partial charge in [0.25, 0.3) is 0 Å². The van der Waals surface area contributed by atoms with Gasteiger partial charge in [-0.2, -0.15) is 0 Å². The number of nitrogens with two attached hydrogens (primary N) is 1. The van der Waals surface area contributed by atoms with Crippen molar-refractivity contribution in [3.05, 3.63) is 6.33 Å². The molecule has 1 aliphatic heterocycles. The minimum absolute atomic E-state index is 0.231. The third-order valence-corrected chi connectivity index (χ3v) is 3.95. The largest absolute Gasteiger partial charge is 0.394 e. The van der Waals surface area contributed by atoms with E-state index in [0.29, 0.717) is 16.3 Å². The maximum atomic E-state index is 10.1. The van der Waals surface area contributed by atoms with Crippen LogP contribution in [0.4, 0.5) is 5.82 Å². The Morgan fingerprint density at radius 3 is 2.76 bits per heavy atom. The molecule has 9 nitrogen and oxygen atoms in total. The molecule has 4 atom stereocenters. The Labute approximate surface area is 123 Å². The number of hydrogen-bond acceptors (Lipinski definition) is 9. The molecule has 21 heavy (non-hydrogen) atoms. The third kappa shape index (κ3) is 2.24. The minimum atomic E-state index is -1.20. The first-order valence-corrected chi connectivity index (χ1v) is 7.45. The Balaban J connectivity index is 2.07. The molecule has 0 aliphatic carbocycles. The lowest BCUT2D eigenvalue weighted by Gasteiger charge is -2.16. The summed E-state index contributed by atoms with van der Waals surface area (Å²) >= 11 is 1.32. The van der Waals surface area contributed by atoms with Crippen LogP contribution < -0.4 is 5.73 Å². The van der Waals surface area contributed by atoms with Gasteiger partial charge in [0.1, 0.15) is 23.8 Å². The Hall–Kier alpha value is -1.46. The van der Waals surface area contributed by atoms with Crippen LogP contribution in [-0.2, 0) is 4.74 Å². The maximum absolute atomic E-state index is 10.1. The highest BCUT2D eigenvalue weighted by molar-refractivity contribution is 7.98. The van der Waals surface area contributed by atoms with Crippen LogP contribution in [0.3, 0.4) is 0 Å². The van der Waals surface area contributed by atoms with E-state index in [9.17, 15) is 10.2 Å². The molecule has 1 saturated heterocycles. The highest BCUT2D eigenvalue weighted by Gasteiger charge is 2.44. The lowest BCUT2D eigenvalue weighted by molar-refractivity contribution is -0.0511. The highest BCUT2D eigenvalue weighted by Crippen LogP contribution is 2.32. The van der Waals surface area contributed by atoms with Crippen molar-refractivity contribution in [2.75, 3.05) is 18.6 Å². The number of aliphatic hydroxyl groups excluding tert-OH is 3. The van der Waals surface area contributed by atoms with Gasteiger partial charge in [0.2, 0.25) is 0 Å². The van der Waals surface area contributed by atoms with Crippen molar-refractivity contribution in [1.29, 1.82) is 0 Å². The molecular formula is C11H15N5O4S. The van der Waals surface area contributed by atoms with Crippen LogP contribution >= 0.6 is 11.8 Å². The summed E-state index contributed by atoms with van der Waals surface area (Å²) in [5.41, 5.74) is 6.63. The van der Waals surface area contributed by atoms with E-state index in [-0.39, 0.29) is 5.82 Å². The number of anilines is 1. The molecule has 10 heteroatoms. The quantitative estimate of drug-likeness (QED) is 0.404. The molecule has 114 valence electrons. The van der Waals surface area contributed by atoms with Crippen molar-refractivity contribution in [1.82, 2.24) is 19.5 Å². The fraction of sp³-hybridized carbons (Fsp3) is 0.545. The second kappa shape index (κ2) is 5.39. The van der Waals surface area contributed by atoms with Gasteiger partial charge in [0.15, 0.2) is 22.8 Å². The first kappa shape index (κ1) is 14.5. The summed E-state index contributed by atoms with van der Waals surface area (Å²) in [6.07, 6.45) is -0.911. The normalized spacial score (nSPS) is 29.3. The zero-order valence-electron chi connectivity index (χ0n) is 11.1. The van der Waals surface area contributed by atoms with Gasteiger partial charge in [-0.1, -0.05) is 11.8 Å². The van der Waals surface area contributed by atoms with E-state index < -0.39 is 31.1 Å². The molecule has 0 bridgehead atoms. The molecule has 5 N–H and O–H groups in total. The van der Waals surface area contributed by atoms with Crippen LogP contribution in [0.5, 0.6) is 0 Å². The summed E-state index contributed by atoms with van der Waals surface area (Å²) in [6.45, 7) is -0.394. The third-order valence-electron chi connectivity index (χ3n) is 3.40. The second-order valence-electron chi connectivity index (χ2n) is 4.65. The van der Waals surface area contributed by atoms with Crippen molar-refractivity contribution in [2.45, 2.75) is 29.7 Å². The number of aliphatic hydroxyl groups is 3. The Kier molecular flexibility index (Phi) is 3.71. The molecule has 0 aromatic carbocycles. The molecule has 2 aromatic rings. The summed E-state index contributed by atoms with van der Waals surface area (Å²) in [5, 5.41) is 29.5. The average molecular weight is 313 g/mol. The highest BCUT2D eigenvalue weighted by atomic mass is 32.2. The van der Waals surface area contributed by atoms with Gasteiger partial charge in [-0.3, -0.25) is 4.57 Å². The van der Waals surface area contributed by atoms with E-state index in [1.54, 1.807) is 0 Å². The number of rotatable bonds is 3. The van der Waals surface area contributed by atoms with Crippen molar-refractivity contribution in [2.24, 2.45) is 0 Å². The van der Waals surface area contributed by atoms with Gasteiger partial charge in [0, 0.05) is 0 Å². The molecule has 0 radical (unpaired) electrons. The standard InChI is InChI=1S/C11H15N5O4S/c1-21-11-14-8(12)5-9(15-11)16(3-13-5)10-7(19)6(18)4(2-17)20-10/h3-4,6-7,10,17-19H,2H2,1H3,(H2,12,14,15)/t4-,6-,7?,10-/m1/s1. The number of ether oxygens (including phenoxy) is 1. The number of nitrogen functional groups attached to an aromatic ring is 1. The molecule has 1 unspecified atom stereocenters. The summed E-state index contributed by atoms with van der Waals surface area (Å²) in [7, 11) is 0. The van der Waals surface area contributed by atoms with Crippen molar-refractivity contribution in [3.8, 4) is 0 Å². The van der Waals surface area contributed by atoms with E-state index in [4.69, 9.17) is 15.6 Å². The fourth-order valence-electron chi connectivity index (χ4n) is 2.30. The number of imidazole rings is 1. The van der Waals surface area contributed by atoms with E-state index in [1.165, 1.54) is 22.7 Å². The molecule has 3 rings (SSSR count). The van der Waals surface area contributed by atoms with Gasteiger partial charge in [-0.05, 0) is 6.26 Å². The Morgan fingerprint density at radius 1 is 1.38 bits per heavy atom. The predicted octanol–water partition coefficient (Wildman–Crippen LogP) is -1.26. The number of nitrogens with zero attached hydrogens (tertiary/aromatic N) is 4. The minimum Gasteiger partial charge on any atom is -0.394 e. The van der Waals surface area contributed by atoms with E-state index in [0.717, 1.165) is 0 Å². The SMILES string of the molecule is CSc1nc(N)c2ncn([C@@H]3O[C@H](CO)[C@@H](O)C3O)c2n1. The van der Waals surface area contributed by atoms with Crippen LogP contribution in [0.2, 0.25) is 0 Å². The predicted molar refractivity (Wildman–Crippen MR) is 74.5 cm³/mol. The van der Waals surface area contributed by atoms with E-state index in [2.05, 4.69) is 15.0 Å². The van der Waals surface area contributed by atoms with Crippen molar-refractivity contribution >= 4 is 28.7 Å². The number of thioether (sulfide) groups is 1. The summed E-state index contributed by atoms with van der Waals surface area (Å²) in [6, 6.07) is 0. The van der Waals surface area contributed by atoms with Gasteiger partial charge in [-0.15, -0.1) is 0 Å². The number of aromatic nitrogens is 4. The summed E-state index contributed by atoms with van der Waals surface area (Å²) in [4.78, 5) is 12.5. The van der Waals surface area contributed by atoms with Crippen molar-refractivity contribution in [3.63, 3.8) is 0 Å². The van der Waals surface area contributed by atoms with Crippen LogP contribution in [0.15, 0.2) is 11.5 Å². The monoisotopic (exact) mass is 313 g/mol. The molecule has 0 saturated carbocycles. The van der Waals surface area contributed by atoms with Gasteiger partial charge < -0.3 is 25.8 Å². The fourth-order valence-corrected chi connectivity index (χ4v) is 2.67. The first-order valence-electron chi connectivity index (χ1n) is 6.23. The van der Waals surface area contributed by atoms with Crippen LogP contribution in [0, 0.1) is 0 Å². The van der Waals surface area contributed by atoms with E-state index >= 15 is 0 Å². The summed E-state index contributed by atoms with van der Waals surface area (Å²) < 4.78 is 6.95. The lowest BCUT2D eigenvalue weighted by atomic mass is 10.1. The molecule has 0 spiro atoms. The average Bonchev–Trinajstić information content (AvgIpc) is 3.02. The number of hydrogen-bond donors (Lipinski definition) is 4. The molecule has 1 fully saturated rings. The maximum Gasteiger partial charge on any atom is 0.191 e. The summed E-state index contributed by atoms with van der Waals surface area (Å²) in [5.74, 6) is 0.231. The number of fused-ring (bicyclic) bond motifs is 1. The Morgan fingerprint density at radius 2 is 2.14 bits per heavy atom. The van der Waals surface area contributed by atoms with Crippen molar-refractivity contribution < 1.29 is 20.1 Å². The molecule has 3 heterocycles. The zero-order valence-corrected chi connectivity index (χ0v) is 11.9.